The van der Waals surface area contributed by atoms with Gasteiger partial charge in [-0.1, -0.05) is 0 Å². The Bertz CT molecular complexity index is 127. The van der Waals surface area contributed by atoms with Crippen LogP contribution in [0.4, 0.5) is 0 Å². The van der Waals surface area contributed by atoms with E-state index in [1.165, 1.54) is 14.0 Å². The van der Waals surface area contributed by atoms with E-state index in [1.807, 2.05) is 0 Å². The Labute approximate surface area is 58.7 Å². The molecule has 0 rings (SSSR count). The highest BCUT2D eigenvalue weighted by Gasteiger charge is 2.33. The third-order valence-corrected chi connectivity index (χ3v) is 1.13. The van der Waals surface area contributed by atoms with Gasteiger partial charge in [0.15, 0.2) is 0 Å². The van der Waals surface area contributed by atoms with Crippen LogP contribution in [-0.2, 0) is 14.4 Å². The van der Waals surface area contributed by atoms with Crippen LogP contribution >= 0.6 is 0 Å². The number of ether oxygens (including phenoxy) is 1. The molecule has 0 aromatic carbocycles. The molecule has 0 aliphatic rings. The first-order valence-corrected chi connectivity index (χ1v) is 2.67. The molecule has 0 radical (unpaired) electrons. The second-order valence-corrected chi connectivity index (χ2v) is 2.09. The predicted octanol–water partition coefficient (Wildman–Crippen LogP) is -0.634. The Morgan fingerprint density at radius 3 is 2.40 bits per heavy atom. The summed E-state index contributed by atoms with van der Waals surface area (Å²) in [7, 11) is 1.38. The van der Waals surface area contributed by atoms with E-state index >= 15 is 0 Å². The van der Waals surface area contributed by atoms with Crippen molar-refractivity contribution in [2.24, 2.45) is 5.90 Å². The molecule has 1 atom stereocenters. The number of aliphatic carboxylic acids is 1. The summed E-state index contributed by atoms with van der Waals surface area (Å²) in [5, 5.41) is 8.48. The highest BCUT2D eigenvalue weighted by molar-refractivity contribution is 5.77. The van der Waals surface area contributed by atoms with Crippen LogP contribution in [0.3, 0.4) is 0 Å². The van der Waals surface area contributed by atoms with Crippen LogP contribution in [0.1, 0.15) is 6.92 Å². The summed E-state index contributed by atoms with van der Waals surface area (Å²) in [6, 6.07) is 0. The highest BCUT2D eigenvalue weighted by Crippen LogP contribution is 2.07. The number of nitrogens with two attached hydrogens (primary N) is 1. The van der Waals surface area contributed by atoms with Gasteiger partial charge < -0.3 is 9.84 Å². The first-order chi connectivity index (χ1) is 4.56. The molecule has 0 aromatic rings. The van der Waals surface area contributed by atoms with E-state index in [4.69, 9.17) is 11.0 Å². The summed E-state index contributed by atoms with van der Waals surface area (Å²) in [6.45, 7) is 1.26. The number of hydrogen-bond acceptors (Lipinski definition) is 4. The van der Waals surface area contributed by atoms with E-state index in [0.29, 0.717) is 0 Å². The predicted molar refractivity (Wildman–Crippen MR) is 33.2 cm³/mol. The van der Waals surface area contributed by atoms with E-state index in [1.54, 1.807) is 0 Å². The lowest BCUT2D eigenvalue weighted by Gasteiger charge is -2.20. The van der Waals surface area contributed by atoms with Crippen LogP contribution in [0.5, 0.6) is 0 Å². The van der Waals surface area contributed by atoms with Crippen LogP contribution in [-0.4, -0.2) is 30.4 Å². The number of hydrogen-bond donors (Lipinski definition) is 2. The monoisotopic (exact) mass is 149 g/mol. The van der Waals surface area contributed by atoms with E-state index < -0.39 is 11.6 Å². The van der Waals surface area contributed by atoms with Crippen molar-refractivity contribution in [1.29, 1.82) is 0 Å². The lowest BCUT2D eigenvalue weighted by Crippen LogP contribution is -2.44. The van der Waals surface area contributed by atoms with Crippen molar-refractivity contribution in [2.45, 2.75) is 12.5 Å². The molecule has 0 unspecified atom stereocenters. The summed E-state index contributed by atoms with van der Waals surface area (Å²) >= 11 is 0. The van der Waals surface area contributed by atoms with Gasteiger partial charge in [-0.3, -0.25) is 4.84 Å². The highest BCUT2D eigenvalue weighted by atomic mass is 16.7. The van der Waals surface area contributed by atoms with Crippen LogP contribution in [0.2, 0.25) is 0 Å². The smallest absolute Gasteiger partial charge is 0.340 e. The van der Waals surface area contributed by atoms with Gasteiger partial charge in [0.2, 0.25) is 5.60 Å². The molecule has 0 aliphatic heterocycles. The van der Waals surface area contributed by atoms with Gasteiger partial charge in [-0.25, -0.2) is 10.7 Å². The van der Waals surface area contributed by atoms with E-state index in [2.05, 4.69) is 9.57 Å². The minimum Gasteiger partial charge on any atom is -0.479 e. The average molecular weight is 149 g/mol. The molecule has 0 aliphatic carbocycles. The van der Waals surface area contributed by atoms with Crippen molar-refractivity contribution < 1.29 is 19.5 Å². The van der Waals surface area contributed by atoms with Crippen LogP contribution in [0.15, 0.2) is 0 Å². The minimum atomic E-state index is -1.44. The van der Waals surface area contributed by atoms with E-state index in [9.17, 15) is 4.79 Å². The summed E-state index contributed by atoms with van der Waals surface area (Å²) in [4.78, 5) is 14.6. The van der Waals surface area contributed by atoms with Gasteiger partial charge in [-0.2, -0.15) is 0 Å². The Morgan fingerprint density at radius 2 is 2.30 bits per heavy atom. The zero-order chi connectivity index (χ0) is 8.20. The third kappa shape index (κ3) is 1.94. The maximum Gasteiger partial charge on any atom is 0.340 e. The number of methoxy groups -OCH3 is 1. The Balaban J connectivity index is 4.08. The van der Waals surface area contributed by atoms with E-state index in [-0.39, 0.29) is 6.61 Å². The van der Waals surface area contributed by atoms with Gasteiger partial charge in [-0.05, 0) is 6.92 Å². The van der Waals surface area contributed by atoms with E-state index in [0.717, 1.165) is 0 Å². The normalized spacial score (nSPS) is 16.3. The zero-order valence-corrected chi connectivity index (χ0v) is 5.96. The number of carbonyl (C=O) groups is 1. The van der Waals surface area contributed by atoms with Crippen LogP contribution < -0.4 is 5.90 Å². The van der Waals surface area contributed by atoms with Crippen molar-refractivity contribution in [3.05, 3.63) is 0 Å². The van der Waals surface area contributed by atoms with Crippen molar-refractivity contribution in [3.8, 4) is 0 Å². The molecule has 10 heavy (non-hydrogen) atoms. The maximum atomic E-state index is 10.4. The molecule has 0 saturated heterocycles. The van der Waals surface area contributed by atoms with Crippen LogP contribution in [0, 0.1) is 0 Å². The van der Waals surface area contributed by atoms with Crippen molar-refractivity contribution in [3.63, 3.8) is 0 Å². The molecule has 0 fully saturated rings. The molecule has 5 heteroatoms. The molecule has 3 N–H and O–H groups in total. The second kappa shape index (κ2) is 3.50. The molecule has 0 saturated carbocycles. The molecule has 0 heterocycles. The minimum absolute atomic E-state index is 0.0706. The lowest BCUT2D eigenvalue weighted by molar-refractivity contribution is -0.171. The van der Waals surface area contributed by atoms with Gasteiger partial charge in [0.1, 0.15) is 0 Å². The second-order valence-electron chi connectivity index (χ2n) is 2.09. The van der Waals surface area contributed by atoms with Gasteiger partial charge in [0.05, 0.1) is 6.61 Å². The van der Waals surface area contributed by atoms with Crippen LogP contribution in [0.25, 0.3) is 0 Å². The first-order valence-electron chi connectivity index (χ1n) is 2.67. The summed E-state index contributed by atoms with van der Waals surface area (Å²) < 4.78 is 4.57. The Kier molecular flexibility index (Phi) is 3.27. The number of carboxylic acid groups (broad SMARTS) is 1. The molecule has 0 aromatic heterocycles. The quantitative estimate of drug-likeness (QED) is 0.520. The summed E-state index contributed by atoms with van der Waals surface area (Å²) in [5.41, 5.74) is -1.44. The summed E-state index contributed by atoms with van der Waals surface area (Å²) in [6.07, 6.45) is 0. The van der Waals surface area contributed by atoms with Gasteiger partial charge in [0.25, 0.3) is 0 Å². The van der Waals surface area contributed by atoms with Crippen molar-refractivity contribution >= 4 is 5.97 Å². The topological polar surface area (TPSA) is 81.8 Å². The van der Waals surface area contributed by atoms with Crippen molar-refractivity contribution in [2.75, 3.05) is 13.7 Å². The number of rotatable bonds is 4. The molecular weight excluding hydrogens is 138 g/mol. The molecule has 60 valence electrons. The van der Waals surface area contributed by atoms with Gasteiger partial charge >= 0.3 is 5.97 Å². The fourth-order valence-corrected chi connectivity index (χ4v) is 0.422. The average Bonchev–Trinajstić information content (AvgIpc) is 1.88. The number of carboxylic acids is 1. The maximum absolute atomic E-state index is 10.4. The standard InChI is InChI=1S/C5H11NO4/c1-5(10-6,3-9-2)4(7)8/h3,6H2,1-2H3,(H,7,8)/t5-/m0/s1. The third-order valence-electron chi connectivity index (χ3n) is 1.13. The first kappa shape index (κ1) is 9.35. The summed E-state index contributed by atoms with van der Waals surface area (Å²) in [5.74, 6) is 3.59. The molecule has 0 bridgehead atoms. The fraction of sp³-hybridized carbons (Fsp3) is 0.800. The Morgan fingerprint density at radius 1 is 1.80 bits per heavy atom. The molecular formula is C5H11NO4. The lowest BCUT2D eigenvalue weighted by atomic mass is 10.1. The van der Waals surface area contributed by atoms with Crippen molar-refractivity contribution in [1.82, 2.24) is 0 Å². The molecule has 0 spiro atoms. The largest absolute Gasteiger partial charge is 0.479 e. The zero-order valence-electron chi connectivity index (χ0n) is 5.96. The molecule has 5 nitrogen and oxygen atoms in total. The Hall–Kier alpha value is -0.650. The fourth-order valence-electron chi connectivity index (χ4n) is 0.422. The van der Waals surface area contributed by atoms with Gasteiger partial charge in [0, 0.05) is 7.11 Å². The van der Waals surface area contributed by atoms with Gasteiger partial charge in [-0.15, -0.1) is 0 Å². The molecule has 0 amide bonds. The SMILES string of the molecule is COC[C@](C)(ON)C(=O)O.